The Balaban J connectivity index is 3.03. The molecule has 1 aromatic rings. The van der Waals surface area contributed by atoms with Crippen LogP contribution in [0.15, 0.2) is 18.2 Å². The van der Waals surface area contributed by atoms with Crippen LogP contribution in [0.3, 0.4) is 0 Å². The molecule has 0 fully saturated rings. The molecular formula is C8H7AsN2O5. The molecule has 2 N–H and O–H groups in total. The summed E-state index contributed by atoms with van der Waals surface area (Å²) in [5, 5.41) is 10.7. The maximum absolute atomic E-state index is 10.7. The van der Waals surface area contributed by atoms with Crippen molar-refractivity contribution in [1.82, 2.24) is 0 Å². The van der Waals surface area contributed by atoms with Gasteiger partial charge in [-0.05, 0) is 0 Å². The first-order chi connectivity index (χ1) is 7.54. The molecule has 0 unspecified atom stereocenters. The van der Waals surface area contributed by atoms with Crippen LogP contribution >= 0.6 is 0 Å². The number of rotatable bonds is 5. The normalized spacial score (nSPS) is 10.0. The van der Waals surface area contributed by atoms with E-state index in [1.807, 2.05) is 0 Å². The summed E-state index contributed by atoms with van der Waals surface area (Å²) in [7, 11) is 0. The van der Waals surface area contributed by atoms with Crippen molar-refractivity contribution >= 4 is 31.6 Å². The number of nitro benzene ring substituents is 1. The van der Waals surface area contributed by atoms with Gasteiger partial charge in [-0.3, -0.25) is 0 Å². The van der Waals surface area contributed by atoms with Crippen LogP contribution in [0.4, 0.5) is 5.69 Å². The topological polar surface area (TPSA) is 113 Å². The summed E-state index contributed by atoms with van der Waals surface area (Å²) in [5.74, 6) is -0.796. The molecule has 1 amide bonds. The minimum absolute atomic E-state index is 0.0674. The number of hydrogen-bond donors (Lipinski definition) is 1. The summed E-state index contributed by atoms with van der Waals surface area (Å²) in [4.78, 5) is 20.4. The molecule has 0 heterocycles. The molecule has 8 heteroatoms. The first-order valence-electron chi connectivity index (χ1n) is 4.07. The van der Waals surface area contributed by atoms with Crippen LogP contribution in [0, 0.1) is 10.1 Å². The van der Waals surface area contributed by atoms with E-state index in [2.05, 4.69) is 0 Å². The van der Waals surface area contributed by atoms with Gasteiger partial charge in [0.15, 0.2) is 0 Å². The number of benzene rings is 1. The number of ether oxygens (including phenoxy) is 1. The minimum atomic E-state index is -1.34. The molecule has 1 rings (SSSR count). The Kier molecular flexibility index (Phi) is 4.13. The summed E-state index contributed by atoms with van der Waals surface area (Å²) in [6.07, 6.45) is 0. The molecule has 0 aliphatic rings. The third-order valence-corrected chi connectivity index (χ3v) is 2.64. The van der Waals surface area contributed by atoms with E-state index in [4.69, 9.17) is 10.5 Å². The second kappa shape index (κ2) is 5.36. The fourth-order valence-electron chi connectivity index (χ4n) is 0.976. The van der Waals surface area contributed by atoms with Gasteiger partial charge in [-0.2, -0.15) is 0 Å². The fourth-order valence-corrected chi connectivity index (χ4v) is 1.63. The van der Waals surface area contributed by atoms with Gasteiger partial charge in [0, 0.05) is 0 Å². The first kappa shape index (κ1) is 12.3. The van der Waals surface area contributed by atoms with Crippen LogP contribution in [-0.2, 0) is 8.53 Å². The molecule has 0 aromatic heterocycles. The van der Waals surface area contributed by atoms with Crippen molar-refractivity contribution in [2.45, 2.75) is 0 Å². The summed E-state index contributed by atoms with van der Waals surface area (Å²) in [6.45, 7) is -0.439. The Morgan fingerprint density at radius 1 is 1.56 bits per heavy atom. The molecule has 7 nitrogen and oxygen atoms in total. The van der Waals surface area contributed by atoms with Crippen molar-refractivity contribution < 1.29 is 18.2 Å². The van der Waals surface area contributed by atoms with E-state index in [1.165, 1.54) is 12.1 Å². The van der Waals surface area contributed by atoms with Crippen molar-refractivity contribution in [3.8, 4) is 5.75 Å². The molecular weight excluding hydrogens is 279 g/mol. The summed E-state index contributed by atoms with van der Waals surface area (Å²) >= 11 is -1.34. The Morgan fingerprint density at radius 2 is 2.25 bits per heavy atom. The third-order valence-electron chi connectivity index (χ3n) is 1.61. The Morgan fingerprint density at radius 3 is 2.75 bits per heavy atom. The van der Waals surface area contributed by atoms with Gasteiger partial charge in [0.1, 0.15) is 0 Å². The molecule has 0 radical (unpaired) electrons. The van der Waals surface area contributed by atoms with Gasteiger partial charge in [0.05, 0.1) is 0 Å². The van der Waals surface area contributed by atoms with E-state index in [0.717, 1.165) is 6.07 Å². The van der Waals surface area contributed by atoms with Gasteiger partial charge in [0.2, 0.25) is 0 Å². The number of nitro groups is 1. The van der Waals surface area contributed by atoms with E-state index in [9.17, 15) is 18.6 Å². The molecule has 16 heavy (non-hydrogen) atoms. The predicted molar refractivity (Wildman–Crippen MR) is 53.9 cm³/mol. The van der Waals surface area contributed by atoms with Crippen LogP contribution < -0.4 is 14.8 Å². The van der Waals surface area contributed by atoms with E-state index < -0.39 is 33.1 Å². The van der Waals surface area contributed by atoms with Crippen molar-refractivity contribution in [3.63, 3.8) is 0 Å². The second-order valence-corrected chi connectivity index (χ2v) is 4.22. The van der Waals surface area contributed by atoms with Crippen molar-refractivity contribution in [2.75, 3.05) is 6.61 Å². The molecule has 0 bridgehead atoms. The number of carbonyl (C=O) groups is 1. The Labute approximate surface area is 96.6 Å². The van der Waals surface area contributed by atoms with Gasteiger partial charge in [-0.1, -0.05) is 0 Å². The van der Waals surface area contributed by atoms with Crippen molar-refractivity contribution in [3.05, 3.63) is 28.3 Å². The third kappa shape index (κ3) is 3.13. The molecule has 0 aliphatic carbocycles. The van der Waals surface area contributed by atoms with Crippen LogP contribution in [-0.4, -0.2) is 33.1 Å². The number of amides is 1. The quantitative estimate of drug-likeness (QED) is 0.429. The van der Waals surface area contributed by atoms with E-state index in [0.29, 0.717) is 4.35 Å². The number of nitrogens with zero attached hydrogens (tertiary/aromatic N) is 1. The summed E-state index contributed by atoms with van der Waals surface area (Å²) < 4.78 is 15.9. The van der Waals surface area contributed by atoms with Crippen LogP contribution in [0.25, 0.3) is 0 Å². The zero-order chi connectivity index (χ0) is 12.1. The van der Waals surface area contributed by atoms with Gasteiger partial charge in [-0.15, -0.1) is 0 Å². The number of nitrogens with two attached hydrogens (primary N) is 1. The standard InChI is InChI=1S/C8H7AsN2O5/c10-8(12)4-16-7-2-1-5(9-13)3-6(7)11(14)15/h1-3H,4H2,(H2,10,12). The zero-order valence-electron chi connectivity index (χ0n) is 7.95. The van der Waals surface area contributed by atoms with E-state index in [-0.39, 0.29) is 11.4 Å². The van der Waals surface area contributed by atoms with Gasteiger partial charge in [-0.25, -0.2) is 0 Å². The molecule has 1 aromatic carbocycles. The van der Waals surface area contributed by atoms with Gasteiger partial charge < -0.3 is 0 Å². The fraction of sp³-hybridized carbons (Fsp3) is 0.125. The van der Waals surface area contributed by atoms with Gasteiger partial charge in [0.25, 0.3) is 0 Å². The van der Waals surface area contributed by atoms with Crippen LogP contribution in [0.2, 0.25) is 0 Å². The maximum atomic E-state index is 10.7. The molecule has 0 aliphatic heterocycles. The molecule has 0 spiro atoms. The van der Waals surface area contributed by atoms with E-state index in [1.54, 1.807) is 0 Å². The van der Waals surface area contributed by atoms with E-state index >= 15 is 0 Å². The SMILES string of the molecule is NC(=O)COc1ccc([As]=O)cc1[N+](=O)[O-]. The van der Waals surface area contributed by atoms with Crippen LogP contribution in [0.1, 0.15) is 0 Å². The molecule has 0 atom stereocenters. The predicted octanol–water partition coefficient (Wildman–Crippen LogP) is -0.866. The summed E-state index contributed by atoms with van der Waals surface area (Å²) in [6, 6.07) is 3.89. The Bertz CT molecular complexity index is 448. The monoisotopic (exact) mass is 286 g/mol. The molecule has 84 valence electrons. The average Bonchev–Trinajstić information content (AvgIpc) is 2.25. The van der Waals surface area contributed by atoms with Crippen LogP contribution in [0.5, 0.6) is 5.75 Å². The average molecular weight is 286 g/mol. The van der Waals surface area contributed by atoms with Crippen molar-refractivity contribution in [2.24, 2.45) is 5.73 Å². The zero-order valence-corrected chi connectivity index (χ0v) is 9.83. The van der Waals surface area contributed by atoms with Crippen molar-refractivity contribution in [1.29, 1.82) is 0 Å². The number of hydrogen-bond acceptors (Lipinski definition) is 5. The number of carbonyl (C=O) groups excluding carboxylic acids is 1. The molecule has 0 saturated carbocycles. The first-order valence-corrected chi connectivity index (χ1v) is 5.78. The second-order valence-electron chi connectivity index (χ2n) is 2.76. The van der Waals surface area contributed by atoms with Gasteiger partial charge >= 0.3 is 96.2 Å². The Hall–Kier alpha value is -1.75. The number of primary amides is 1. The summed E-state index contributed by atoms with van der Waals surface area (Å²) in [5.41, 5.74) is 4.51. The molecule has 0 saturated heterocycles.